The number of pyridine rings is 1. The van der Waals surface area contributed by atoms with Crippen LogP contribution in [-0.4, -0.2) is 19.7 Å². The molecule has 0 aliphatic rings. The molecule has 2 heterocycles. The number of hydrogen-bond acceptors (Lipinski definition) is 5. The summed E-state index contributed by atoms with van der Waals surface area (Å²) in [6.07, 6.45) is 2.78. The van der Waals surface area contributed by atoms with Crippen LogP contribution in [0.5, 0.6) is 0 Å². The first-order chi connectivity index (χ1) is 9.41. The molecule has 1 atom stereocenters. The van der Waals surface area contributed by atoms with Crippen LogP contribution in [0.1, 0.15) is 29.9 Å². The summed E-state index contributed by atoms with van der Waals surface area (Å²) in [5.41, 5.74) is 3.44. The van der Waals surface area contributed by atoms with Crippen molar-refractivity contribution in [2.75, 3.05) is 5.32 Å². The molecular formula is C13H17N5O2. The Labute approximate surface area is 116 Å². The van der Waals surface area contributed by atoms with E-state index >= 15 is 0 Å². The number of nitro groups is 1. The predicted molar refractivity (Wildman–Crippen MR) is 75.6 cm³/mol. The first-order valence-electron chi connectivity index (χ1n) is 6.26. The molecule has 0 amide bonds. The second kappa shape index (κ2) is 5.28. The minimum Gasteiger partial charge on any atom is -0.373 e. The predicted octanol–water partition coefficient (Wildman–Crippen LogP) is 2.51. The van der Waals surface area contributed by atoms with Crippen LogP contribution in [-0.2, 0) is 7.05 Å². The molecule has 0 saturated heterocycles. The SMILES string of the molecule is Cc1nn(C)c(C)c1[C@H](C)Nc1ccncc1[N+](=O)[O-]. The van der Waals surface area contributed by atoms with Crippen LogP contribution in [0, 0.1) is 24.0 Å². The highest BCUT2D eigenvalue weighted by Gasteiger charge is 2.20. The van der Waals surface area contributed by atoms with Gasteiger partial charge in [-0.3, -0.25) is 19.8 Å². The number of aryl methyl sites for hydroxylation is 2. The van der Waals surface area contributed by atoms with Crippen molar-refractivity contribution in [3.63, 3.8) is 0 Å². The van der Waals surface area contributed by atoms with E-state index in [0.717, 1.165) is 17.0 Å². The molecule has 2 aromatic rings. The fraction of sp³-hybridized carbons (Fsp3) is 0.385. The third-order valence-electron chi connectivity index (χ3n) is 3.37. The van der Waals surface area contributed by atoms with Crippen LogP contribution < -0.4 is 5.32 Å². The maximum Gasteiger partial charge on any atom is 0.310 e. The Kier molecular flexibility index (Phi) is 3.69. The summed E-state index contributed by atoms with van der Waals surface area (Å²) in [4.78, 5) is 14.3. The fourth-order valence-corrected chi connectivity index (χ4v) is 2.38. The summed E-state index contributed by atoms with van der Waals surface area (Å²) in [7, 11) is 1.88. The molecule has 1 N–H and O–H groups in total. The minimum absolute atomic E-state index is 0.0291. The smallest absolute Gasteiger partial charge is 0.310 e. The average molecular weight is 275 g/mol. The fourth-order valence-electron chi connectivity index (χ4n) is 2.38. The van der Waals surface area contributed by atoms with Gasteiger partial charge in [-0.05, 0) is 26.8 Å². The molecule has 0 unspecified atom stereocenters. The topological polar surface area (TPSA) is 85.9 Å². The van der Waals surface area contributed by atoms with E-state index in [1.165, 1.54) is 12.4 Å². The highest BCUT2D eigenvalue weighted by molar-refractivity contribution is 5.60. The molecule has 0 radical (unpaired) electrons. The summed E-state index contributed by atoms with van der Waals surface area (Å²) in [5.74, 6) is 0. The van der Waals surface area contributed by atoms with E-state index in [1.54, 1.807) is 6.07 Å². The van der Waals surface area contributed by atoms with Gasteiger partial charge in [0.2, 0.25) is 0 Å². The van der Waals surface area contributed by atoms with Gasteiger partial charge < -0.3 is 5.32 Å². The van der Waals surface area contributed by atoms with Crippen molar-refractivity contribution >= 4 is 11.4 Å². The maximum absolute atomic E-state index is 11.0. The summed E-state index contributed by atoms with van der Waals surface area (Å²) in [5, 5.41) is 18.5. The van der Waals surface area contributed by atoms with Crippen LogP contribution in [0.2, 0.25) is 0 Å². The number of anilines is 1. The van der Waals surface area contributed by atoms with Crippen molar-refractivity contribution in [1.29, 1.82) is 0 Å². The zero-order valence-corrected chi connectivity index (χ0v) is 11.9. The first kappa shape index (κ1) is 14.0. The van der Waals surface area contributed by atoms with E-state index in [4.69, 9.17) is 0 Å². The van der Waals surface area contributed by atoms with Gasteiger partial charge in [0.15, 0.2) is 0 Å². The maximum atomic E-state index is 11.0. The number of hydrogen-bond donors (Lipinski definition) is 1. The van der Waals surface area contributed by atoms with Crippen LogP contribution >= 0.6 is 0 Å². The highest BCUT2D eigenvalue weighted by atomic mass is 16.6. The number of nitrogens with one attached hydrogen (secondary N) is 1. The van der Waals surface area contributed by atoms with Gasteiger partial charge in [0.05, 0.1) is 16.7 Å². The molecule has 106 valence electrons. The van der Waals surface area contributed by atoms with Gasteiger partial charge in [0.1, 0.15) is 11.9 Å². The van der Waals surface area contributed by atoms with Gasteiger partial charge in [0, 0.05) is 24.5 Å². The van der Waals surface area contributed by atoms with Gasteiger partial charge in [0.25, 0.3) is 0 Å². The molecule has 0 bridgehead atoms. The lowest BCUT2D eigenvalue weighted by Gasteiger charge is -2.16. The van der Waals surface area contributed by atoms with Crippen molar-refractivity contribution in [2.45, 2.75) is 26.8 Å². The first-order valence-corrected chi connectivity index (χ1v) is 6.26. The summed E-state index contributed by atoms with van der Waals surface area (Å²) in [6, 6.07) is 1.53. The van der Waals surface area contributed by atoms with E-state index in [0.29, 0.717) is 5.69 Å². The zero-order valence-electron chi connectivity index (χ0n) is 11.9. The second-order valence-electron chi connectivity index (χ2n) is 4.72. The van der Waals surface area contributed by atoms with Crippen molar-refractivity contribution in [1.82, 2.24) is 14.8 Å². The normalized spacial score (nSPS) is 12.2. The van der Waals surface area contributed by atoms with E-state index in [9.17, 15) is 10.1 Å². The molecule has 0 saturated carbocycles. The third kappa shape index (κ3) is 2.47. The molecule has 0 spiro atoms. The van der Waals surface area contributed by atoms with Crippen LogP contribution in [0.4, 0.5) is 11.4 Å². The number of aromatic nitrogens is 3. The number of rotatable bonds is 4. The second-order valence-corrected chi connectivity index (χ2v) is 4.72. The van der Waals surface area contributed by atoms with Gasteiger partial charge in [-0.15, -0.1) is 0 Å². The Bertz CT molecular complexity index is 650. The lowest BCUT2D eigenvalue weighted by atomic mass is 10.1. The Morgan fingerprint density at radius 2 is 2.15 bits per heavy atom. The van der Waals surface area contributed by atoms with Crippen molar-refractivity contribution in [2.24, 2.45) is 7.05 Å². The van der Waals surface area contributed by atoms with Crippen molar-refractivity contribution in [3.05, 3.63) is 45.5 Å². The largest absolute Gasteiger partial charge is 0.373 e. The molecule has 2 aromatic heterocycles. The third-order valence-corrected chi connectivity index (χ3v) is 3.37. The van der Waals surface area contributed by atoms with Crippen LogP contribution in [0.15, 0.2) is 18.5 Å². The summed E-state index contributed by atoms with van der Waals surface area (Å²) >= 11 is 0. The lowest BCUT2D eigenvalue weighted by molar-refractivity contribution is -0.384. The van der Waals surface area contributed by atoms with Crippen LogP contribution in [0.25, 0.3) is 0 Å². The van der Waals surface area contributed by atoms with Gasteiger partial charge in [-0.2, -0.15) is 5.10 Å². The van der Waals surface area contributed by atoms with Crippen LogP contribution in [0.3, 0.4) is 0 Å². The van der Waals surface area contributed by atoms with E-state index in [-0.39, 0.29) is 11.7 Å². The minimum atomic E-state index is -0.439. The van der Waals surface area contributed by atoms with Crippen molar-refractivity contribution in [3.8, 4) is 0 Å². The van der Waals surface area contributed by atoms with Gasteiger partial charge in [-0.25, -0.2) is 0 Å². The molecule has 0 aromatic carbocycles. The standard InChI is InChI=1S/C13H17N5O2/c1-8(13-9(2)16-17(4)10(13)3)15-11-5-6-14-7-12(11)18(19)20/h5-8H,1-4H3,(H,14,15)/t8-/m0/s1. The lowest BCUT2D eigenvalue weighted by Crippen LogP contribution is -2.10. The Morgan fingerprint density at radius 1 is 1.45 bits per heavy atom. The van der Waals surface area contributed by atoms with Gasteiger partial charge >= 0.3 is 5.69 Å². The molecule has 7 heteroatoms. The Balaban J connectivity index is 2.33. The molecular weight excluding hydrogens is 258 g/mol. The molecule has 0 aliphatic heterocycles. The zero-order chi connectivity index (χ0) is 14.9. The van der Waals surface area contributed by atoms with E-state index in [1.807, 2.05) is 32.5 Å². The molecule has 0 aliphatic carbocycles. The van der Waals surface area contributed by atoms with Gasteiger partial charge in [-0.1, -0.05) is 0 Å². The molecule has 0 fully saturated rings. The average Bonchev–Trinajstić information content (AvgIpc) is 2.63. The molecule has 7 nitrogen and oxygen atoms in total. The number of nitrogens with zero attached hydrogens (tertiary/aromatic N) is 4. The summed E-state index contributed by atoms with van der Waals surface area (Å²) in [6.45, 7) is 5.87. The Morgan fingerprint density at radius 3 is 2.70 bits per heavy atom. The molecule has 20 heavy (non-hydrogen) atoms. The Hall–Kier alpha value is -2.44. The van der Waals surface area contributed by atoms with E-state index in [2.05, 4.69) is 15.4 Å². The summed E-state index contributed by atoms with van der Waals surface area (Å²) < 4.78 is 1.81. The van der Waals surface area contributed by atoms with Crippen molar-refractivity contribution < 1.29 is 4.92 Å². The highest BCUT2D eigenvalue weighted by Crippen LogP contribution is 2.29. The molecule has 2 rings (SSSR count). The monoisotopic (exact) mass is 275 g/mol. The quantitative estimate of drug-likeness (QED) is 0.684. The van der Waals surface area contributed by atoms with E-state index < -0.39 is 4.92 Å².